The fourth-order valence-corrected chi connectivity index (χ4v) is 7.14. The Morgan fingerprint density at radius 1 is 0.667 bits per heavy atom. The zero-order valence-corrected chi connectivity index (χ0v) is 35.2. The molecule has 2 aromatic carbocycles. The average molecular weight is 821 g/mol. The van der Waals surface area contributed by atoms with Gasteiger partial charge in [0.05, 0.1) is 26.4 Å². The molecule has 0 radical (unpaired) electrons. The lowest BCUT2D eigenvalue weighted by Crippen LogP contribution is -2.53. The third kappa shape index (κ3) is 9.90. The number of esters is 2. The zero-order chi connectivity index (χ0) is 43.2. The number of pyridine rings is 2. The van der Waals surface area contributed by atoms with Crippen molar-refractivity contribution in [3.63, 3.8) is 0 Å². The first-order valence-corrected chi connectivity index (χ1v) is 20.6. The molecule has 0 saturated heterocycles. The largest absolute Gasteiger partial charge is 0.465 e. The summed E-state index contributed by atoms with van der Waals surface area (Å²) in [4.78, 5) is 61.4. The number of carbonyl (C=O) groups is 4. The minimum absolute atomic E-state index is 0.201. The number of aliphatic hydroxyl groups is 2. The zero-order valence-electron chi connectivity index (χ0n) is 35.2. The van der Waals surface area contributed by atoms with Gasteiger partial charge in [0, 0.05) is 36.9 Å². The standard InChI is InChI=1S/C46H56N6O8/c1-7-59-43(57)45(5,25-53)49-23-31-21-47-39(19-35(31)29-15-16-29)41(55)51-37-13-9-11-33(27(37)3)34-12-10-14-38(28(34)4)52-42(56)40-20-36(30-17-18-30)32(22-48-40)24-50-46(6,26-54)44(58)60-8-2/h9-14,19-22,29-30,49-50,53-54H,7-8,15-18,23-26H2,1-6H3,(H,51,55)(H,52,56). The molecule has 2 saturated carbocycles. The van der Waals surface area contributed by atoms with Crippen LogP contribution in [0, 0.1) is 13.8 Å². The minimum Gasteiger partial charge on any atom is -0.465 e. The molecule has 0 bridgehead atoms. The van der Waals surface area contributed by atoms with Crippen molar-refractivity contribution in [2.24, 2.45) is 0 Å². The Labute approximate surface area is 350 Å². The van der Waals surface area contributed by atoms with Crippen LogP contribution in [0.2, 0.25) is 0 Å². The topological polar surface area (TPSA) is 201 Å². The number of rotatable bonds is 19. The fraction of sp³-hybridized carbons (Fsp3) is 0.435. The van der Waals surface area contributed by atoms with Gasteiger partial charge in [-0.1, -0.05) is 24.3 Å². The van der Waals surface area contributed by atoms with Crippen LogP contribution >= 0.6 is 0 Å². The summed E-state index contributed by atoms with van der Waals surface area (Å²) in [5, 5.41) is 32.3. The summed E-state index contributed by atoms with van der Waals surface area (Å²) in [6, 6.07) is 15.0. The quantitative estimate of drug-likeness (QED) is 0.0620. The van der Waals surface area contributed by atoms with E-state index in [1.54, 1.807) is 40.1 Å². The van der Waals surface area contributed by atoms with Crippen LogP contribution < -0.4 is 21.3 Å². The van der Waals surface area contributed by atoms with Crippen LogP contribution in [0.3, 0.4) is 0 Å². The molecule has 2 unspecified atom stereocenters. The maximum Gasteiger partial charge on any atom is 0.328 e. The van der Waals surface area contributed by atoms with E-state index in [0.29, 0.717) is 11.4 Å². The summed E-state index contributed by atoms with van der Waals surface area (Å²) in [5.74, 6) is -1.23. The molecule has 60 heavy (non-hydrogen) atoms. The number of aliphatic hydroxyl groups excluding tert-OH is 2. The Morgan fingerprint density at radius 3 is 1.38 bits per heavy atom. The Kier molecular flexibility index (Phi) is 13.8. The van der Waals surface area contributed by atoms with Crippen molar-refractivity contribution < 1.29 is 38.9 Å². The number of ether oxygens (including phenoxy) is 2. The highest BCUT2D eigenvalue weighted by Gasteiger charge is 2.36. The first-order valence-electron chi connectivity index (χ1n) is 20.6. The van der Waals surface area contributed by atoms with Gasteiger partial charge in [-0.25, -0.2) is 9.59 Å². The first kappa shape index (κ1) is 44.0. The van der Waals surface area contributed by atoms with Crippen molar-refractivity contribution >= 4 is 35.1 Å². The van der Waals surface area contributed by atoms with Gasteiger partial charge >= 0.3 is 11.9 Å². The predicted octanol–water partition coefficient (Wildman–Crippen LogP) is 5.83. The number of nitrogens with zero attached hydrogens (tertiary/aromatic N) is 2. The predicted molar refractivity (Wildman–Crippen MR) is 228 cm³/mol. The van der Waals surface area contributed by atoms with Crippen LogP contribution in [0.5, 0.6) is 0 Å². The van der Waals surface area contributed by atoms with Crippen LogP contribution in [-0.2, 0) is 32.2 Å². The summed E-state index contributed by atoms with van der Waals surface area (Å²) in [6.45, 7) is 10.6. The van der Waals surface area contributed by atoms with Gasteiger partial charge < -0.3 is 30.3 Å². The van der Waals surface area contributed by atoms with E-state index in [2.05, 4.69) is 31.2 Å². The van der Waals surface area contributed by atoms with Crippen molar-refractivity contribution in [3.05, 3.63) is 106 Å². The van der Waals surface area contributed by atoms with Crippen LogP contribution in [-0.4, -0.2) is 81.4 Å². The maximum atomic E-state index is 13.7. The molecule has 2 aliphatic rings. The summed E-state index contributed by atoms with van der Waals surface area (Å²) in [5.41, 5.74) is 6.31. The summed E-state index contributed by atoms with van der Waals surface area (Å²) in [7, 11) is 0. The molecule has 2 amide bonds. The van der Waals surface area contributed by atoms with Gasteiger partial charge in [0.15, 0.2) is 0 Å². The average Bonchev–Trinajstić information content (AvgIpc) is 4.19. The molecular formula is C46H56N6O8. The molecule has 14 nitrogen and oxygen atoms in total. The Hall–Kier alpha value is -5.54. The number of hydrogen-bond acceptors (Lipinski definition) is 12. The number of benzene rings is 2. The molecule has 2 atom stereocenters. The van der Waals surface area contributed by atoms with Crippen molar-refractivity contribution in [2.45, 2.75) is 103 Å². The highest BCUT2D eigenvalue weighted by Crippen LogP contribution is 2.43. The molecule has 318 valence electrons. The van der Waals surface area contributed by atoms with E-state index in [9.17, 15) is 29.4 Å². The number of amides is 2. The van der Waals surface area contributed by atoms with Gasteiger partial charge in [-0.2, -0.15) is 0 Å². The summed E-state index contributed by atoms with van der Waals surface area (Å²) in [6.07, 6.45) is 7.25. The second-order valence-corrected chi connectivity index (χ2v) is 16.1. The second kappa shape index (κ2) is 18.8. The fourth-order valence-electron chi connectivity index (χ4n) is 7.14. The third-order valence-corrected chi connectivity index (χ3v) is 11.4. The third-order valence-electron chi connectivity index (χ3n) is 11.4. The lowest BCUT2D eigenvalue weighted by atomic mass is 9.94. The molecule has 2 fully saturated rings. The molecule has 2 aliphatic carbocycles. The second-order valence-electron chi connectivity index (χ2n) is 16.1. The van der Waals surface area contributed by atoms with E-state index in [0.717, 1.165) is 70.2 Å². The number of carbonyl (C=O) groups excluding carboxylic acids is 4. The maximum absolute atomic E-state index is 13.7. The smallest absolute Gasteiger partial charge is 0.328 e. The van der Waals surface area contributed by atoms with E-state index < -0.39 is 36.2 Å². The number of aromatic nitrogens is 2. The highest BCUT2D eigenvalue weighted by molar-refractivity contribution is 6.05. The first-order chi connectivity index (χ1) is 28.7. The van der Waals surface area contributed by atoms with Gasteiger partial charge in [0.2, 0.25) is 0 Å². The SMILES string of the molecule is CCOC(=O)C(C)(CO)NCc1cnc(C(=O)Nc2cccc(-c3cccc(NC(=O)c4cc(C5CC5)c(CNC(C)(CO)C(=O)OCC)cn4)c3C)c2C)cc1C1CC1. The molecule has 14 heteroatoms. The highest BCUT2D eigenvalue weighted by atomic mass is 16.5. The van der Waals surface area contributed by atoms with Crippen molar-refractivity contribution in [2.75, 3.05) is 37.1 Å². The number of anilines is 2. The molecule has 6 N–H and O–H groups in total. The monoisotopic (exact) mass is 820 g/mol. The molecular weight excluding hydrogens is 765 g/mol. The van der Waals surface area contributed by atoms with Crippen molar-refractivity contribution in [1.82, 2.24) is 20.6 Å². The van der Waals surface area contributed by atoms with E-state index in [1.165, 1.54) is 0 Å². The van der Waals surface area contributed by atoms with Crippen LogP contribution in [0.15, 0.2) is 60.9 Å². The van der Waals surface area contributed by atoms with Gasteiger partial charge in [-0.15, -0.1) is 0 Å². The van der Waals surface area contributed by atoms with Crippen LogP contribution in [0.4, 0.5) is 11.4 Å². The molecule has 6 rings (SSSR count). The summed E-state index contributed by atoms with van der Waals surface area (Å²) < 4.78 is 10.3. The van der Waals surface area contributed by atoms with Crippen LogP contribution in [0.1, 0.15) is 120 Å². The Balaban J connectivity index is 1.16. The summed E-state index contributed by atoms with van der Waals surface area (Å²) >= 11 is 0. The van der Waals surface area contributed by atoms with E-state index in [1.807, 2.05) is 62.4 Å². The number of hydrogen-bond donors (Lipinski definition) is 6. The van der Waals surface area contributed by atoms with Crippen molar-refractivity contribution in [1.29, 1.82) is 0 Å². The van der Waals surface area contributed by atoms with Gasteiger partial charge in [0.1, 0.15) is 22.5 Å². The van der Waals surface area contributed by atoms with E-state index in [-0.39, 0.29) is 61.3 Å². The van der Waals surface area contributed by atoms with E-state index in [4.69, 9.17) is 9.47 Å². The lowest BCUT2D eigenvalue weighted by molar-refractivity contribution is -0.153. The van der Waals surface area contributed by atoms with Gasteiger partial charge in [0.25, 0.3) is 11.8 Å². The van der Waals surface area contributed by atoms with Gasteiger partial charge in [-0.3, -0.25) is 30.2 Å². The minimum atomic E-state index is -1.28. The molecule has 4 aromatic rings. The van der Waals surface area contributed by atoms with E-state index >= 15 is 0 Å². The van der Waals surface area contributed by atoms with Crippen LogP contribution in [0.25, 0.3) is 11.1 Å². The normalized spacial score (nSPS) is 15.7. The Bertz CT molecular complexity index is 2100. The molecule has 0 spiro atoms. The molecule has 2 heterocycles. The van der Waals surface area contributed by atoms with Gasteiger partial charge in [-0.05, 0) is 148 Å². The number of nitrogens with one attached hydrogen (secondary N) is 4. The molecule has 0 aliphatic heterocycles. The van der Waals surface area contributed by atoms with Crippen molar-refractivity contribution in [3.8, 4) is 11.1 Å². The molecule has 2 aromatic heterocycles. The Morgan fingerprint density at radius 2 is 1.05 bits per heavy atom. The lowest BCUT2D eigenvalue weighted by Gasteiger charge is -2.26.